The van der Waals surface area contributed by atoms with E-state index >= 15 is 0 Å². The minimum absolute atomic E-state index is 0.00559. The maximum absolute atomic E-state index is 13.3. The molecular weight excluding hydrogens is 781 g/mol. The summed E-state index contributed by atoms with van der Waals surface area (Å²) in [5, 5.41) is 12.5. The van der Waals surface area contributed by atoms with Gasteiger partial charge in [-0.25, -0.2) is 15.0 Å². The second-order valence-corrected chi connectivity index (χ2v) is 27.2. The van der Waals surface area contributed by atoms with Gasteiger partial charge < -0.3 is 27.8 Å². The van der Waals surface area contributed by atoms with E-state index in [-0.39, 0.29) is 54.0 Å². The van der Waals surface area contributed by atoms with Crippen molar-refractivity contribution in [3.8, 4) is 11.8 Å². The second-order valence-electron chi connectivity index (χ2n) is 15.3. The van der Waals surface area contributed by atoms with E-state index in [1.165, 1.54) is 18.1 Å². The van der Waals surface area contributed by atoms with Crippen LogP contribution in [0, 0.1) is 11.3 Å². The Kier molecular flexibility index (Phi) is 13.6. The first-order chi connectivity index (χ1) is 25.9. The molecule has 2 saturated heterocycles. The van der Waals surface area contributed by atoms with Crippen LogP contribution in [0.15, 0.2) is 36.9 Å². The van der Waals surface area contributed by atoms with Crippen molar-refractivity contribution in [2.75, 3.05) is 37.6 Å². The van der Waals surface area contributed by atoms with Crippen molar-refractivity contribution in [2.45, 2.75) is 114 Å². The number of anilines is 1. The van der Waals surface area contributed by atoms with Gasteiger partial charge in [-0.2, -0.15) is 13.7 Å². The zero-order valence-electron chi connectivity index (χ0n) is 33.3. The summed E-state index contributed by atoms with van der Waals surface area (Å²) < 4.78 is 65.3. The molecule has 1 amide bonds. The second kappa shape index (κ2) is 17.3. The molecule has 55 heavy (non-hydrogen) atoms. The first kappa shape index (κ1) is 43.2. The van der Waals surface area contributed by atoms with Crippen LogP contribution in [0.3, 0.4) is 0 Å². The van der Waals surface area contributed by atoms with Gasteiger partial charge >= 0.3 is 17.1 Å². The lowest BCUT2D eigenvalue weighted by atomic mass is 9.95. The lowest BCUT2D eigenvalue weighted by molar-refractivity contribution is -0.0548. The van der Waals surface area contributed by atoms with Crippen molar-refractivity contribution in [3.63, 3.8) is 0 Å². The predicted molar refractivity (Wildman–Crippen MR) is 215 cm³/mol. The molecular formula is C36H54N6O9S2Si2. The molecule has 4 heterocycles. The van der Waals surface area contributed by atoms with E-state index in [1.54, 1.807) is 42.3 Å². The molecule has 2 fully saturated rings. The third-order valence-corrected chi connectivity index (χ3v) is 22.8. The smallest absolute Gasteiger partial charge is 0.335 e. The number of ether oxygens (including phenoxy) is 2. The van der Waals surface area contributed by atoms with Crippen molar-refractivity contribution in [1.29, 1.82) is 5.26 Å². The summed E-state index contributed by atoms with van der Waals surface area (Å²) in [6, 6.07) is 8.93. The largest absolute Gasteiger partial charge is 0.497 e. The van der Waals surface area contributed by atoms with Gasteiger partial charge in [-0.15, -0.1) is 11.8 Å². The van der Waals surface area contributed by atoms with E-state index in [0.717, 1.165) is 6.26 Å². The average Bonchev–Trinajstić information content (AvgIpc) is 3.66. The van der Waals surface area contributed by atoms with E-state index in [2.05, 4.69) is 81.7 Å². The molecule has 1 aromatic carbocycles. The highest BCUT2D eigenvalue weighted by molar-refractivity contribution is 8.00. The van der Waals surface area contributed by atoms with Crippen molar-refractivity contribution < 1.29 is 39.8 Å². The molecule has 1 N–H and O–H groups in total. The SMILES string of the molecule is COc1ccc(C(=O)Nc2ncnc3c2ncn3[C@@H]2O[C@@H]3CO[Si](C(C)C)(C(C)C)O[Si](C(C)C)(C(C)C)O[C@H]3[C@@]2(CCOS(C)(=O)=O)SCCC#N)cc1. The van der Waals surface area contributed by atoms with Crippen molar-refractivity contribution >= 4 is 61.9 Å². The maximum atomic E-state index is 13.3. The zero-order valence-corrected chi connectivity index (χ0v) is 36.9. The van der Waals surface area contributed by atoms with E-state index in [0.29, 0.717) is 28.2 Å². The molecule has 19 heteroatoms. The minimum atomic E-state index is -3.81. The number of nitrogens with one attached hydrogen (secondary N) is 1. The van der Waals surface area contributed by atoms with E-state index in [9.17, 15) is 18.5 Å². The van der Waals surface area contributed by atoms with Gasteiger partial charge in [0.2, 0.25) is 0 Å². The summed E-state index contributed by atoms with van der Waals surface area (Å²) in [6.07, 6.45) is 2.15. The number of rotatable bonds is 15. The van der Waals surface area contributed by atoms with Crippen LogP contribution >= 0.6 is 11.8 Å². The molecule has 2 aromatic heterocycles. The third-order valence-electron chi connectivity index (χ3n) is 10.4. The van der Waals surface area contributed by atoms with Crippen molar-refractivity contribution in [1.82, 2.24) is 19.5 Å². The minimum Gasteiger partial charge on any atom is -0.497 e. The van der Waals surface area contributed by atoms with Crippen molar-refractivity contribution in [3.05, 3.63) is 42.5 Å². The van der Waals surface area contributed by atoms with Gasteiger partial charge in [0, 0.05) is 17.7 Å². The summed E-state index contributed by atoms with van der Waals surface area (Å²) in [4.78, 5) is 27.0. The van der Waals surface area contributed by atoms with E-state index in [4.69, 9.17) is 26.6 Å². The zero-order chi connectivity index (χ0) is 40.3. The Labute approximate surface area is 330 Å². The topological polar surface area (TPSA) is 186 Å². The number of aromatic nitrogens is 4. The number of hydrogen-bond acceptors (Lipinski definition) is 14. The molecule has 2 aliphatic rings. The number of fused-ring (bicyclic) bond motifs is 2. The summed E-state index contributed by atoms with van der Waals surface area (Å²) in [5.74, 6) is 0.804. The summed E-state index contributed by atoms with van der Waals surface area (Å²) >= 11 is 1.48. The Hall–Kier alpha value is -2.94. The van der Waals surface area contributed by atoms with E-state index in [1.807, 2.05) is 0 Å². The molecule has 5 rings (SSSR count). The quantitative estimate of drug-likeness (QED) is 0.0969. The van der Waals surface area contributed by atoms with Gasteiger partial charge in [-0.05, 0) is 52.9 Å². The van der Waals surface area contributed by atoms with Gasteiger partial charge in [0.25, 0.3) is 16.0 Å². The molecule has 0 bridgehead atoms. The Morgan fingerprint density at radius 2 is 1.71 bits per heavy atom. The third kappa shape index (κ3) is 8.67. The lowest BCUT2D eigenvalue weighted by Gasteiger charge is -2.52. The fourth-order valence-electron chi connectivity index (χ4n) is 7.70. The molecule has 302 valence electrons. The van der Waals surface area contributed by atoms with Gasteiger partial charge in [0.15, 0.2) is 23.2 Å². The molecule has 3 aromatic rings. The first-order valence-corrected chi connectivity index (χ1v) is 25.3. The predicted octanol–water partition coefficient (Wildman–Crippen LogP) is 6.69. The fourth-order valence-corrected chi connectivity index (χ4v) is 20.9. The molecule has 0 unspecified atom stereocenters. The van der Waals surface area contributed by atoms with Crippen LogP contribution < -0.4 is 10.1 Å². The highest BCUT2D eigenvalue weighted by atomic mass is 32.2. The van der Waals surface area contributed by atoms with Gasteiger partial charge in [0.05, 0.1) is 49.8 Å². The Morgan fingerprint density at radius 1 is 1.05 bits per heavy atom. The highest BCUT2D eigenvalue weighted by Crippen LogP contribution is 2.56. The van der Waals surface area contributed by atoms with Gasteiger partial charge in [-0.1, -0.05) is 55.4 Å². The Morgan fingerprint density at radius 3 is 2.29 bits per heavy atom. The number of nitriles is 1. The van der Waals surface area contributed by atoms with Crippen LogP contribution in [-0.2, 0) is 32.0 Å². The molecule has 4 atom stereocenters. The fraction of sp³-hybridized carbons (Fsp3) is 0.639. The van der Waals surface area contributed by atoms with Crippen LogP contribution in [0.5, 0.6) is 5.75 Å². The number of nitrogens with zero attached hydrogens (tertiary/aromatic N) is 5. The summed E-state index contributed by atoms with van der Waals surface area (Å²) in [7, 11) is -8.40. The van der Waals surface area contributed by atoms with Gasteiger partial charge in [0.1, 0.15) is 18.2 Å². The number of amides is 1. The molecule has 0 saturated carbocycles. The lowest BCUT2D eigenvalue weighted by Crippen LogP contribution is -2.67. The maximum Gasteiger partial charge on any atom is 0.335 e. The summed E-state index contributed by atoms with van der Waals surface area (Å²) in [6.45, 7) is 17.1. The van der Waals surface area contributed by atoms with Crippen LogP contribution in [0.2, 0.25) is 22.2 Å². The highest BCUT2D eigenvalue weighted by Gasteiger charge is 2.66. The Balaban J connectivity index is 1.67. The average molecular weight is 835 g/mol. The van der Waals surface area contributed by atoms with Crippen molar-refractivity contribution in [2.24, 2.45) is 0 Å². The number of carbonyl (C=O) groups is 1. The molecule has 0 radical (unpaired) electrons. The number of thioether (sulfide) groups is 1. The summed E-state index contributed by atoms with van der Waals surface area (Å²) in [5.41, 5.74) is 1.30. The Bertz CT molecular complexity index is 1940. The first-order valence-electron chi connectivity index (χ1n) is 18.6. The van der Waals surface area contributed by atoms with Crippen LogP contribution in [0.4, 0.5) is 5.82 Å². The molecule has 2 aliphatic heterocycles. The van der Waals surface area contributed by atoms with Crippen LogP contribution in [0.25, 0.3) is 11.2 Å². The monoisotopic (exact) mass is 834 g/mol. The number of hydrogen-bond donors (Lipinski definition) is 1. The number of carbonyl (C=O) groups excluding carboxylic acids is 1. The standard InChI is InChI=1S/C36H54N6O9S2Si2/c1-23(2)54(24(3)4)48-20-29-31(50-55(51-54,25(5)6)26(7)8)36(52-19-11-17-37,16-18-47-53(10,44)45)35(49-29)42-22-40-30-32(38-21-39-33(30)42)41-34(43)27-12-14-28(46-9)15-13-27/h12-15,21-26,29,31,35H,11,16,18-20H2,1-10H3,(H,38,39,41,43)/t29-,31-,35-,36-/m1/s1. The molecule has 0 spiro atoms. The normalized spacial score (nSPS) is 23.8. The number of methoxy groups -OCH3 is 1. The molecule has 15 nitrogen and oxygen atoms in total. The number of benzene rings is 1. The molecule has 0 aliphatic carbocycles. The van der Waals surface area contributed by atoms with Gasteiger partial charge in [-0.3, -0.25) is 13.5 Å². The van der Waals surface area contributed by atoms with E-state index < -0.39 is 56.3 Å². The van der Waals surface area contributed by atoms with Crippen LogP contribution in [0.1, 0.15) is 84.8 Å². The van der Waals surface area contributed by atoms with Crippen LogP contribution in [-0.4, -0.2) is 100 Å². The number of imidazole rings is 1.